The maximum absolute atomic E-state index is 13.2. The van der Waals surface area contributed by atoms with E-state index < -0.39 is 12.0 Å². The van der Waals surface area contributed by atoms with Crippen LogP contribution in [0.15, 0.2) is 67.3 Å². The molecule has 1 aliphatic heterocycles. The number of carbonyl (C=O) groups is 2. The molecule has 0 radical (unpaired) electrons. The van der Waals surface area contributed by atoms with Gasteiger partial charge in [0.1, 0.15) is 12.4 Å². The number of hydrogen-bond donors (Lipinski definition) is 0. The lowest BCUT2D eigenvalue weighted by Crippen LogP contribution is -2.42. The highest BCUT2D eigenvalue weighted by molar-refractivity contribution is 5.97. The molecule has 0 N–H and O–H groups in total. The predicted octanol–water partition coefficient (Wildman–Crippen LogP) is 4.08. The third kappa shape index (κ3) is 3.82. The number of halogens is 1. The maximum atomic E-state index is 13.2. The van der Waals surface area contributed by atoms with Gasteiger partial charge in [0, 0.05) is 0 Å². The number of nitrogens with zero attached hydrogens (tertiary/aromatic N) is 1. The summed E-state index contributed by atoms with van der Waals surface area (Å²) in [5, 5.41) is 0. The minimum absolute atomic E-state index is 0.170. The lowest BCUT2D eigenvalue weighted by atomic mass is 9.93. The van der Waals surface area contributed by atoms with Crippen LogP contribution < -0.4 is 0 Å². The molecule has 0 bridgehead atoms. The summed E-state index contributed by atoms with van der Waals surface area (Å²) < 4.78 is 18.3. The van der Waals surface area contributed by atoms with Crippen LogP contribution in [0.3, 0.4) is 0 Å². The fourth-order valence-corrected chi connectivity index (χ4v) is 3.18. The van der Waals surface area contributed by atoms with E-state index in [-0.39, 0.29) is 24.4 Å². The number of benzene rings is 2. The Bertz CT molecular complexity index is 789. The van der Waals surface area contributed by atoms with Gasteiger partial charge in [-0.3, -0.25) is 4.79 Å². The average Bonchev–Trinajstić information content (AvgIpc) is 3.01. The van der Waals surface area contributed by atoms with Crippen molar-refractivity contribution < 1.29 is 18.7 Å². The minimum atomic E-state index is -0.632. The maximum Gasteiger partial charge on any atom is 0.417 e. The van der Waals surface area contributed by atoms with E-state index in [1.165, 1.54) is 17.0 Å². The second-order valence-electron chi connectivity index (χ2n) is 6.26. The first-order chi connectivity index (χ1) is 12.6. The lowest BCUT2D eigenvalue weighted by molar-refractivity contribution is -0.130. The number of carbonyl (C=O) groups excluding carboxylic acids is 2. The second-order valence-corrected chi connectivity index (χ2v) is 6.26. The molecule has 0 spiro atoms. The molecule has 1 heterocycles. The van der Waals surface area contributed by atoms with Crippen LogP contribution in [0.5, 0.6) is 0 Å². The molecule has 2 amide bonds. The molecule has 1 saturated heterocycles. The molecule has 134 valence electrons. The van der Waals surface area contributed by atoms with Gasteiger partial charge in [0.15, 0.2) is 0 Å². The first kappa shape index (κ1) is 17.9. The number of ether oxygens (including phenoxy) is 1. The Labute approximate surface area is 151 Å². The zero-order valence-electron chi connectivity index (χ0n) is 14.3. The fourth-order valence-electron chi connectivity index (χ4n) is 3.18. The summed E-state index contributed by atoms with van der Waals surface area (Å²) in [6.07, 6.45) is 1.88. The minimum Gasteiger partial charge on any atom is -0.447 e. The molecule has 4 nitrogen and oxygen atoms in total. The summed E-state index contributed by atoms with van der Waals surface area (Å²) in [5.74, 6) is -1.32. The molecule has 2 aromatic rings. The van der Waals surface area contributed by atoms with Gasteiger partial charge >= 0.3 is 6.09 Å². The first-order valence-corrected chi connectivity index (χ1v) is 8.50. The second kappa shape index (κ2) is 7.95. The summed E-state index contributed by atoms with van der Waals surface area (Å²) >= 11 is 0. The molecule has 1 fully saturated rings. The van der Waals surface area contributed by atoms with Crippen LogP contribution in [0.2, 0.25) is 0 Å². The Hall–Kier alpha value is -2.95. The van der Waals surface area contributed by atoms with Crippen molar-refractivity contribution >= 4 is 12.0 Å². The molecule has 0 aromatic heterocycles. The quantitative estimate of drug-likeness (QED) is 0.735. The first-order valence-electron chi connectivity index (χ1n) is 8.50. The smallest absolute Gasteiger partial charge is 0.417 e. The standard InChI is InChI=1S/C21H20FNO3/c1-2-6-19(16-9-11-17(22)12-10-16)20(24)23-18(14-26-21(23)25)13-15-7-4-3-5-8-15/h2-5,7-12,18-19H,1,6,13-14H2/t18-,19?/m0/s1. The summed E-state index contributed by atoms with van der Waals surface area (Å²) in [4.78, 5) is 26.5. The predicted molar refractivity (Wildman–Crippen MR) is 96.1 cm³/mol. The van der Waals surface area contributed by atoms with Gasteiger partial charge in [-0.1, -0.05) is 48.5 Å². The largest absolute Gasteiger partial charge is 0.447 e. The summed E-state index contributed by atoms with van der Waals surface area (Å²) in [6, 6.07) is 15.0. The van der Waals surface area contributed by atoms with E-state index in [4.69, 9.17) is 4.74 Å². The fraction of sp³-hybridized carbons (Fsp3) is 0.238. The van der Waals surface area contributed by atoms with Crippen LogP contribution in [0, 0.1) is 5.82 Å². The number of hydrogen-bond acceptors (Lipinski definition) is 3. The van der Waals surface area contributed by atoms with E-state index in [9.17, 15) is 14.0 Å². The molecule has 5 heteroatoms. The molecule has 2 aromatic carbocycles. The van der Waals surface area contributed by atoms with E-state index in [1.807, 2.05) is 30.3 Å². The van der Waals surface area contributed by atoms with Crippen molar-refractivity contribution in [1.29, 1.82) is 0 Å². The number of amides is 2. The Morgan fingerprint density at radius 3 is 2.58 bits per heavy atom. The third-order valence-electron chi connectivity index (χ3n) is 4.49. The van der Waals surface area contributed by atoms with Crippen molar-refractivity contribution in [3.63, 3.8) is 0 Å². The van der Waals surface area contributed by atoms with Gasteiger partial charge in [-0.05, 0) is 36.1 Å². The van der Waals surface area contributed by atoms with E-state index >= 15 is 0 Å². The Morgan fingerprint density at radius 2 is 1.92 bits per heavy atom. The average molecular weight is 353 g/mol. The molecule has 26 heavy (non-hydrogen) atoms. The number of rotatable bonds is 6. The van der Waals surface area contributed by atoms with Crippen LogP contribution in [-0.2, 0) is 16.0 Å². The zero-order chi connectivity index (χ0) is 18.5. The molecule has 0 saturated carbocycles. The zero-order valence-corrected chi connectivity index (χ0v) is 14.3. The van der Waals surface area contributed by atoms with Crippen LogP contribution >= 0.6 is 0 Å². The lowest BCUT2D eigenvalue weighted by Gasteiger charge is -2.24. The highest BCUT2D eigenvalue weighted by Gasteiger charge is 2.40. The topological polar surface area (TPSA) is 46.6 Å². The van der Waals surface area contributed by atoms with Crippen molar-refractivity contribution in [3.05, 3.63) is 84.2 Å². The van der Waals surface area contributed by atoms with E-state index in [1.54, 1.807) is 18.2 Å². The van der Waals surface area contributed by atoms with Crippen molar-refractivity contribution in [2.45, 2.75) is 24.8 Å². The van der Waals surface area contributed by atoms with Gasteiger partial charge in [-0.15, -0.1) is 6.58 Å². The van der Waals surface area contributed by atoms with Crippen molar-refractivity contribution in [3.8, 4) is 0 Å². The van der Waals surface area contributed by atoms with Crippen molar-refractivity contribution in [2.75, 3.05) is 6.61 Å². The number of cyclic esters (lactones) is 1. The normalized spacial score (nSPS) is 17.7. The van der Waals surface area contributed by atoms with Crippen molar-refractivity contribution in [1.82, 2.24) is 4.90 Å². The monoisotopic (exact) mass is 353 g/mol. The van der Waals surface area contributed by atoms with E-state index in [0.717, 1.165) is 5.56 Å². The van der Waals surface area contributed by atoms with Crippen LogP contribution in [-0.4, -0.2) is 29.5 Å². The molecular formula is C21H20FNO3. The van der Waals surface area contributed by atoms with Gasteiger partial charge < -0.3 is 4.74 Å². The van der Waals surface area contributed by atoms with E-state index in [2.05, 4.69) is 6.58 Å². The molecule has 3 rings (SSSR count). The molecule has 1 aliphatic rings. The van der Waals surface area contributed by atoms with Crippen molar-refractivity contribution in [2.24, 2.45) is 0 Å². The van der Waals surface area contributed by atoms with Gasteiger partial charge in [0.2, 0.25) is 5.91 Å². The van der Waals surface area contributed by atoms with Gasteiger partial charge in [0.05, 0.1) is 12.0 Å². The highest BCUT2D eigenvalue weighted by atomic mass is 19.1. The van der Waals surface area contributed by atoms with E-state index in [0.29, 0.717) is 18.4 Å². The highest BCUT2D eigenvalue weighted by Crippen LogP contribution is 2.27. The Balaban J connectivity index is 1.84. The van der Waals surface area contributed by atoms with Crippen LogP contribution in [0.4, 0.5) is 9.18 Å². The molecule has 0 aliphatic carbocycles. The van der Waals surface area contributed by atoms with Gasteiger partial charge in [0.25, 0.3) is 0 Å². The van der Waals surface area contributed by atoms with Gasteiger partial charge in [-0.2, -0.15) is 0 Å². The molecule has 2 atom stereocenters. The molecular weight excluding hydrogens is 333 g/mol. The summed E-state index contributed by atoms with van der Waals surface area (Å²) in [5.41, 5.74) is 1.67. The summed E-state index contributed by atoms with van der Waals surface area (Å²) in [7, 11) is 0. The number of allylic oxidation sites excluding steroid dienone is 1. The van der Waals surface area contributed by atoms with Gasteiger partial charge in [-0.25, -0.2) is 14.1 Å². The van der Waals surface area contributed by atoms with Crippen LogP contribution in [0.1, 0.15) is 23.5 Å². The number of imide groups is 1. The molecule has 1 unspecified atom stereocenters. The Morgan fingerprint density at radius 1 is 1.23 bits per heavy atom. The van der Waals surface area contributed by atoms with Crippen LogP contribution in [0.25, 0.3) is 0 Å². The summed E-state index contributed by atoms with van der Waals surface area (Å²) in [6.45, 7) is 3.87. The third-order valence-corrected chi connectivity index (χ3v) is 4.49. The Kier molecular flexibility index (Phi) is 5.46. The SMILES string of the molecule is C=CCC(C(=O)N1C(=O)OC[C@@H]1Cc1ccccc1)c1ccc(F)cc1.